The Bertz CT molecular complexity index is 650. The first-order valence-corrected chi connectivity index (χ1v) is 7.89. The number of carboxylic acid groups (broad SMARTS) is 1. The normalized spacial score (nSPS) is 11.6. The van der Waals surface area contributed by atoms with Crippen LogP contribution in [0.15, 0.2) is 23.4 Å². The van der Waals surface area contributed by atoms with Gasteiger partial charge in [-0.1, -0.05) is 0 Å². The Labute approximate surface area is 146 Å². The number of hydrogen-bond acceptors (Lipinski definition) is 6. The first-order valence-electron chi connectivity index (χ1n) is 7.89. The minimum Gasteiger partial charge on any atom is -0.478 e. The standard InChI is InChI=1S/C17H25N3O5/c1-16(2,3)25-15(23)19-17(4,5)8-9-18-12-7-6-11(14(21)22)10-13(12)20-24/h6-7,10,18H,8-9H2,1-5H3,(H,19,23)(H,21,22). The van der Waals surface area contributed by atoms with Gasteiger partial charge < -0.3 is 20.5 Å². The average Bonchev–Trinajstić information content (AvgIpc) is 2.44. The molecule has 0 aromatic heterocycles. The molecule has 0 saturated heterocycles. The second-order valence-corrected chi connectivity index (χ2v) is 7.32. The SMILES string of the molecule is CC(C)(CCNc1ccc(C(=O)O)cc1N=O)NC(=O)OC(C)(C)C. The van der Waals surface area contributed by atoms with Gasteiger partial charge in [-0.15, -0.1) is 4.91 Å². The minimum absolute atomic E-state index is 0.00734. The van der Waals surface area contributed by atoms with Crippen LogP contribution in [-0.2, 0) is 4.74 Å². The highest BCUT2D eigenvalue weighted by atomic mass is 16.6. The molecule has 0 unspecified atom stereocenters. The zero-order valence-electron chi connectivity index (χ0n) is 15.2. The molecule has 0 aliphatic carbocycles. The number of ether oxygens (including phenoxy) is 1. The summed E-state index contributed by atoms with van der Waals surface area (Å²) >= 11 is 0. The van der Waals surface area contributed by atoms with Gasteiger partial charge in [0.2, 0.25) is 0 Å². The van der Waals surface area contributed by atoms with Crippen LogP contribution in [0.4, 0.5) is 16.2 Å². The predicted molar refractivity (Wildman–Crippen MR) is 95.4 cm³/mol. The molecule has 138 valence electrons. The maximum atomic E-state index is 11.8. The van der Waals surface area contributed by atoms with Gasteiger partial charge in [0, 0.05) is 12.1 Å². The van der Waals surface area contributed by atoms with Crippen LogP contribution in [0.5, 0.6) is 0 Å². The number of alkyl carbamates (subject to hydrolysis) is 1. The zero-order chi connectivity index (χ0) is 19.3. The lowest BCUT2D eigenvalue weighted by atomic mass is 10.0. The van der Waals surface area contributed by atoms with E-state index in [0.717, 1.165) is 0 Å². The van der Waals surface area contributed by atoms with Gasteiger partial charge in [-0.2, -0.15) is 0 Å². The first-order chi connectivity index (χ1) is 11.4. The van der Waals surface area contributed by atoms with Crippen LogP contribution in [0.2, 0.25) is 0 Å². The molecule has 3 N–H and O–H groups in total. The number of aromatic carboxylic acids is 1. The van der Waals surface area contributed by atoms with Crippen molar-refractivity contribution in [3.63, 3.8) is 0 Å². The number of carboxylic acids is 1. The smallest absolute Gasteiger partial charge is 0.408 e. The Morgan fingerprint density at radius 2 is 1.84 bits per heavy atom. The molecule has 0 radical (unpaired) electrons. The molecular weight excluding hydrogens is 326 g/mol. The van der Waals surface area contributed by atoms with E-state index in [1.807, 2.05) is 13.8 Å². The van der Waals surface area contributed by atoms with Crippen LogP contribution in [0.1, 0.15) is 51.4 Å². The van der Waals surface area contributed by atoms with Gasteiger partial charge in [0.15, 0.2) is 0 Å². The highest BCUT2D eigenvalue weighted by Crippen LogP contribution is 2.26. The minimum atomic E-state index is -1.13. The molecule has 8 nitrogen and oxygen atoms in total. The molecule has 0 fully saturated rings. The zero-order valence-corrected chi connectivity index (χ0v) is 15.2. The van der Waals surface area contributed by atoms with E-state index >= 15 is 0 Å². The van der Waals surface area contributed by atoms with Crippen molar-refractivity contribution in [3.05, 3.63) is 28.7 Å². The quantitative estimate of drug-likeness (QED) is 0.642. The second-order valence-electron chi connectivity index (χ2n) is 7.32. The third-order valence-corrected chi connectivity index (χ3v) is 3.25. The molecule has 0 spiro atoms. The Hall–Kier alpha value is -2.64. The van der Waals surface area contributed by atoms with Gasteiger partial charge in [0.25, 0.3) is 0 Å². The van der Waals surface area contributed by atoms with E-state index in [4.69, 9.17) is 9.84 Å². The average molecular weight is 351 g/mol. The molecule has 0 saturated carbocycles. The summed E-state index contributed by atoms with van der Waals surface area (Å²) in [5.41, 5.74) is -0.655. The van der Waals surface area contributed by atoms with Crippen molar-refractivity contribution in [1.29, 1.82) is 0 Å². The van der Waals surface area contributed by atoms with Crippen LogP contribution in [-0.4, -0.2) is 34.9 Å². The number of nitrogens with zero attached hydrogens (tertiary/aromatic N) is 1. The second kappa shape index (κ2) is 7.96. The number of anilines is 1. The molecular formula is C17H25N3O5. The Kier molecular flexibility index (Phi) is 6.49. The summed E-state index contributed by atoms with van der Waals surface area (Å²) < 4.78 is 5.23. The lowest BCUT2D eigenvalue weighted by Crippen LogP contribution is -2.46. The maximum Gasteiger partial charge on any atom is 0.408 e. The summed E-state index contributed by atoms with van der Waals surface area (Å²) in [5.74, 6) is -1.13. The molecule has 0 atom stereocenters. The molecule has 0 bridgehead atoms. The Balaban J connectivity index is 2.62. The molecule has 1 rings (SSSR count). The van der Waals surface area contributed by atoms with Crippen LogP contribution < -0.4 is 10.6 Å². The fraction of sp³-hybridized carbons (Fsp3) is 0.529. The third kappa shape index (κ3) is 7.19. The topological polar surface area (TPSA) is 117 Å². The number of nitrogens with one attached hydrogen (secondary N) is 2. The molecule has 25 heavy (non-hydrogen) atoms. The third-order valence-electron chi connectivity index (χ3n) is 3.25. The largest absolute Gasteiger partial charge is 0.478 e. The fourth-order valence-electron chi connectivity index (χ4n) is 2.04. The lowest BCUT2D eigenvalue weighted by molar-refractivity contribution is 0.0469. The maximum absolute atomic E-state index is 11.8. The lowest BCUT2D eigenvalue weighted by Gasteiger charge is -2.29. The molecule has 1 aromatic carbocycles. The monoisotopic (exact) mass is 351 g/mol. The van der Waals surface area contributed by atoms with Crippen molar-refractivity contribution < 1.29 is 19.4 Å². The van der Waals surface area contributed by atoms with E-state index in [9.17, 15) is 14.5 Å². The van der Waals surface area contributed by atoms with Crippen molar-refractivity contribution in [3.8, 4) is 0 Å². The van der Waals surface area contributed by atoms with E-state index in [1.165, 1.54) is 18.2 Å². The molecule has 0 aliphatic heterocycles. The Morgan fingerprint density at radius 1 is 1.20 bits per heavy atom. The highest BCUT2D eigenvalue weighted by Gasteiger charge is 2.24. The van der Waals surface area contributed by atoms with Gasteiger partial charge in [0.1, 0.15) is 11.3 Å². The number of amides is 1. The Morgan fingerprint density at radius 3 is 2.36 bits per heavy atom. The van der Waals surface area contributed by atoms with Crippen molar-refractivity contribution in [1.82, 2.24) is 5.32 Å². The first kappa shape index (κ1) is 20.4. The highest BCUT2D eigenvalue weighted by molar-refractivity contribution is 5.90. The number of carbonyl (C=O) groups excluding carboxylic acids is 1. The summed E-state index contributed by atoms with van der Waals surface area (Å²) in [4.78, 5) is 33.6. The summed E-state index contributed by atoms with van der Waals surface area (Å²) in [6.45, 7) is 9.51. The summed E-state index contributed by atoms with van der Waals surface area (Å²) in [5, 5.41) is 17.6. The van der Waals surface area contributed by atoms with Crippen LogP contribution in [0.25, 0.3) is 0 Å². The molecule has 8 heteroatoms. The molecule has 0 heterocycles. The van der Waals surface area contributed by atoms with E-state index < -0.39 is 23.2 Å². The van der Waals surface area contributed by atoms with Crippen LogP contribution in [0.3, 0.4) is 0 Å². The van der Waals surface area contributed by atoms with Gasteiger partial charge in [0.05, 0.1) is 11.3 Å². The van der Waals surface area contributed by atoms with Crippen LogP contribution in [0, 0.1) is 4.91 Å². The molecule has 0 aliphatic rings. The van der Waals surface area contributed by atoms with Crippen LogP contribution >= 0.6 is 0 Å². The number of carbonyl (C=O) groups is 2. The van der Waals surface area contributed by atoms with E-state index in [1.54, 1.807) is 20.8 Å². The predicted octanol–water partition coefficient (Wildman–Crippen LogP) is 3.89. The molecule has 1 aromatic rings. The number of hydrogen-bond donors (Lipinski definition) is 3. The fourth-order valence-corrected chi connectivity index (χ4v) is 2.04. The van der Waals surface area contributed by atoms with Crippen molar-refractivity contribution >= 4 is 23.4 Å². The summed E-state index contributed by atoms with van der Waals surface area (Å²) in [6, 6.07) is 4.10. The van der Waals surface area contributed by atoms with Gasteiger partial charge >= 0.3 is 12.1 Å². The number of nitroso groups, excluding NO2 is 1. The summed E-state index contributed by atoms with van der Waals surface area (Å²) in [6.07, 6.45) is 0.0455. The van der Waals surface area contributed by atoms with E-state index in [0.29, 0.717) is 18.7 Å². The van der Waals surface area contributed by atoms with E-state index in [2.05, 4.69) is 15.8 Å². The summed E-state index contributed by atoms with van der Waals surface area (Å²) in [7, 11) is 0. The van der Waals surface area contributed by atoms with Gasteiger partial charge in [-0.3, -0.25) is 0 Å². The van der Waals surface area contributed by atoms with Crippen molar-refractivity contribution in [2.75, 3.05) is 11.9 Å². The van der Waals surface area contributed by atoms with E-state index in [-0.39, 0.29) is 11.3 Å². The number of rotatable bonds is 7. The van der Waals surface area contributed by atoms with Crippen molar-refractivity contribution in [2.45, 2.75) is 52.2 Å². The number of benzene rings is 1. The van der Waals surface area contributed by atoms with Gasteiger partial charge in [-0.05, 0) is 64.4 Å². The molecule has 1 amide bonds. The van der Waals surface area contributed by atoms with Crippen molar-refractivity contribution in [2.24, 2.45) is 5.18 Å². The van der Waals surface area contributed by atoms with Gasteiger partial charge in [-0.25, -0.2) is 9.59 Å².